The van der Waals surface area contributed by atoms with Gasteiger partial charge in [0.2, 0.25) is 15.9 Å². The molecule has 9 nitrogen and oxygen atoms in total. The van der Waals surface area contributed by atoms with Crippen LogP contribution < -0.4 is 15.7 Å². The molecule has 2 heterocycles. The van der Waals surface area contributed by atoms with Gasteiger partial charge in [-0.1, -0.05) is 18.6 Å². The number of methoxy groups -OCH3 is 1. The Morgan fingerprint density at radius 1 is 1.03 bits per heavy atom. The van der Waals surface area contributed by atoms with E-state index in [-0.39, 0.29) is 22.8 Å². The van der Waals surface area contributed by atoms with Crippen LogP contribution in [-0.4, -0.2) is 48.0 Å². The van der Waals surface area contributed by atoms with Crippen LogP contribution in [-0.2, 0) is 27.9 Å². The van der Waals surface area contributed by atoms with Crippen molar-refractivity contribution in [2.75, 3.05) is 25.5 Å². The molecule has 176 valence electrons. The third-order valence-electron chi connectivity index (χ3n) is 5.94. The Morgan fingerprint density at radius 3 is 2.33 bits per heavy atom. The lowest BCUT2D eigenvalue weighted by Gasteiger charge is -2.26. The van der Waals surface area contributed by atoms with E-state index in [2.05, 4.69) is 5.32 Å². The SMILES string of the molecule is CCn1c(=O)n(CC(=O)Nc2cc(S(=O)(=O)N3CCCCC3)ccc2OC)c2ccccc21. The maximum Gasteiger partial charge on any atom is 0.329 e. The van der Waals surface area contributed by atoms with Crippen molar-refractivity contribution in [3.05, 3.63) is 52.9 Å². The van der Waals surface area contributed by atoms with Crippen LogP contribution in [0.1, 0.15) is 26.2 Å². The molecule has 1 aliphatic heterocycles. The number of amides is 1. The second-order valence-corrected chi connectivity index (χ2v) is 9.91. The Morgan fingerprint density at radius 2 is 1.70 bits per heavy atom. The second kappa shape index (κ2) is 9.40. The molecule has 10 heteroatoms. The van der Waals surface area contributed by atoms with Gasteiger partial charge in [0.05, 0.1) is 28.7 Å². The lowest BCUT2D eigenvalue weighted by Crippen LogP contribution is -2.35. The molecule has 1 N–H and O–H groups in total. The van der Waals surface area contributed by atoms with E-state index in [1.807, 2.05) is 25.1 Å². The zero-order chi connectivity index (χ0) is 23.6. The minimum Gasteiger partial charge on any atom is -0.495 e. The number of aryl methyl sites for hydroxylation is 1. The zero-order valence-corrected chi connectivity index (χ0v) is 19.6. The molecule has 0 unspecified atom stereocenters. The summed E-state index contributed by atoms with van der Waals surface area (Å²) in [6.45, 7) is 3.12. The van der Waals surface area contributed by atoms with Crippen molar-refractivity contribution in [1.29, 1.82) is 0 Å². The third kappa shape index (κ3) is 4.40. The summed E-state index contributed by atoms with van der Waals surface area (Å²) in [6.07, 6.45) is 2.68. The third-order valence-corrected chi connectivity index (χ3v) is 7.84. The van der Waals surface area contributed by atoms with E-state index in [9.17, 15) is 18.0 Å². The van der Waals surface area contributed by atoms with E-state index < -0.39 is 15.9 Å². The fraction of sp³-hybridized carbons (Fsp3) is 0.391. The van der Waals surface area contributed by atoms with Gasteiger partial charge < -0.3 is 10.1 Å². The first kappa shape index (κ1) is 23.1. The van der Waals surface area contributed by atoms with E-state index in [1.165, 1.54) is 34.2 Å². The van der Waals surface area contributed by atoms with Crippen molar-refractivity contribution in [3.63, 3.8) is 0 Å². The topological polar surface area (TPSA) is 103 Å². The monoisotopic (exact) mass is 472 g/mol. The molecule has 0 bridgehead atoms. The number of hydrogen-bond donors (Lipinski definition) is 1. The molecule has 1 saturated heterocycles. The maximum absolute atomic E-state index is 13.1. The highest BCUT2D eigenvalue weighted by Gasteiger charge is 2.27. The van der Waals surface area contributed by atoms with Gasteiger partial charge in [-0.15, -0.1) is 0 Å². The van der Waals surface area contributed by atoms with Crippen molar-refractivity contribution in [3.8, 4) is 5.75 Å². The maximum atomic E-state index is 13.1. The van der Waals surface area contributed by atoms with Crippen molar-refractivity contribution in [2.45, 2.75) is 44.2 Å². The number of rotatable bonds is 7. The Bertz CT molecular complexity index is 1340. The predicted molar refractivity (Wildman–Crippen MR) is 126 cm³/mol. The molecule has 0 radical (unpaired) electrons. The molecule has 0 aliphatic carbocycles. The second-order valence-electron chi connectivity index (χ2n) is 7.98. The number of fused-ring (bicyclic) bond motifs is 1. The van der Waals surface area contributed by atoms with Gasteiger partial charge in [0.25, 0.3) is 0 Å². The van der Waals surface area contributed by atoms with Crippen molar-refractivity contribution in [1.82, 2.24) is 13.4 Å². The molecule has 3 aromatic rings. The molecule has 2 aromatic carbocycles. The first-order chi connectivity index (χ1) is 15.9. The first-order valence-corrected chi connectivity index (χ1v) is 12.5. The van der Waals surface area contributed by atoms with Gasteiger partial charge in [-0.25, -0.2) is 13.2 Å². The van der Waals surface area contributed by atoms with Gasteiger partial charge in [0.15, 0.2) is 0 Å². The molecule has 0 atom stereocenters. The highest BCUT2D eigenvalue weighted by Crippen LogP contribution is 2.30. The number of imidazole rings is 1. The number of nitrogens with one attached hydrogen (secondary N) is 1. The number of anilines is 1. The number of carbonyl (C=O) groups excluding carboxylic acids is 1. The van der Waals surface area contributed by atoms with Gasteiger partial charge in [-0.3, -0.25) is 13.9 Å². The number of carbonyl (C=O) groups is 1. The van der Waals surface area contributed by atoms with Crippen molar-refractivity contribution in [2.24, 2.45) is 0 Å². The number of sulfonamides is 1. The molecule has 1 fully saturated rings. The summed E-state index contributed by atoms with van der Waals surface area (Å²) < 4.78 is 36.0. The van der Waals surface area contributed by atoms with Gasteiger partial charge in [0.1, 0.15) is 12.3 Å². The molecule has 1 aromatic heterocycles. The number of aromatic nitrogens is 2. The number of hydrogen-bond acceptors (Lipinski definition) is 5. The van der Waals surface area contributed by atoms with Gasteiger partial charge >= 0.3 is 5.69 Å². The van der Waals surface area contributed by atoms with Crippen LogP contribution in [0.3, 0.4) is 0 Å². The van der Waals surface area contributed by atoms with E-state index in [0.717, 1.165) is 24.8 Å². The highest BCUT2D eigenvalue weighted by molar-refractivity contribution is 7.89. The van der Waals surface area contributed by atoms with E-state index in [4.69, 9.17) is 4.74 Å². The minimum absolute atomic E-state index is 0.0975. The summed E-state index contributed by atoms with van der Waals surface area (Å²) in [5.41, 5.74) is 1.38. The summed E-state index contributed by atoms with van der Waals surface area (Å²) in [6, 6.07) is 11.7. The van der Waals surface area contributed by atoms with Crippen LogP contribution in [0.25, 0.3) is 11.0 Å². The largest absolute Gasteiger partial charge is 0.495 e. The quantitative estimate of drug-likeness (QED) is 0.570. The van der Waals surface area contributed by atoms with Crippen LogP contribution in [0.15, 0.2) is 52.2 Å². The average molecular weight is 473 g/mol. The normalized spacial score (nSPS) is 15.0. The number of nitrogens with zero attached hydrogens (tertiary/aromatic N) is 3. The highest BCUT2D eigenvalue weighted by atomic mass is 32.2. The lowest BCUT2D eigenvalue weighted by molar-refractivity contribution is -0.116. The molecular formula is C23H28N4O5S. The Hall–Kier alpha value is -3.11. The van der Waals surface area contributed by atoms with Crippen LogP contribution in [0, 0.1) is 0 Å². The molecule has 0 spiro atoms. The number of benzene rings is 2. The lowest BCUT2D eigenvalue weighted by atomic mass is 10.2. The van der Waals surface area contributed by atoms with Gasteiger partial charge in [-0.05, 0) is 50.1 Å². The number of piperidine rings is 1. The Labute approximate surface area is 192 Å². The summed E-state index contributed by atoms with van der Waals surface area (Å²) in [4.78, 5) is 25.8. The fourth-order valence-electron chi connectivity index (χ4n) is 4.26. The van der Waals surface area contributed by atoms with Crippen LogP contribution in [0.2, 0.25) is 0 Å². The van der Waals surface area contributed by atoms with E-state index in [1.54, 1.807) is 10.6 Å². The summed E-state index contributed by atoms with van der Waals surface area (Å²) in [7, 11) is -2.22. The molecule has 1 amide bonds. The van der Waals surface area contributed by atoms with Crippen LogP contribution >= 0.6 is 0 Å². The molecule has 0 saturated carbocycles. The molecule has 1 aliphatic rings. The molecule has 33 heavy (non-hydrogen) atoms. The first-order valence-electron chi connectivity index (χ1n) is 11.0. The number of ether oxygens (including phenoxy) is 1. The fourth-order valence-corrected chi connectivity index (χ4v) is 5.81. The van der Waals surface area contributed by atoms with E-state index >= 15 is 0 Å². The van der Waals surface area contributed by atoms with Crippen molar-refractivity contribution < 1.29 is 17.9 Å². The minimum atomic E-state index is -3.67. The van der Waals surface area contributed by atoms with Crippen LogP contribution in [0.5, 0.6) is 5.75 Å². The molecule has 4 rings (SSSR count). The zero-order valence-electron chi connectivity index (χ0n) is 18.8. The Kier molecular flexibility index (Phi) is 6.57. The van der Waals surface area contributed by atoms with Gasteiger partial charge in [0, 0.05) is 19.6 Å². The number of para-hydroxylation sites is 2. The van der Waals surface area contributed by atoms with Crippen molar-refractivity contribution >= 4 is 32.7 Å². The smallest absolute Gasteiger partial charge is 0.329 e. The predicted octanol–water partition coefficient (Wildman–Crippen LogP) is 2.64. The van der Waals surface area contributed by atoms with Crippen LogP contribution in [0.4, 0.5) is 5.69 Å². The summed E-state index contributed by atoms with van der Waals surface area (Å²) in [5.74, 6) is -0.119. The van der Waals surface area contributed by atoms with E-state index in [0.29, 0.717) is 30.9 Å². The standard InChI is InChI=1S/C23H28N4O5S/c1-3-26-19-9-5-6-10-20(19)27(23(26)29)16-22(28)24-18-15-17(11-12-21(18)32-2)33(30,31)25-13-7-4-8-14-25/h5-6,9-12,15H,3-4,7-8,13-14,16H2,1-2H3,(H,24,28). The van der Waals surface area contributed by atoms with Gasteiger partial charge in [-0.2, -0.15) is 4.31 Å². The summed E-state index contributed by atoms with van der Waals surface area (Å²) in [5, 5.41) is 2.73. The average Bonchev–Trinajstić information content (AvgIpc) is 3.10. The Balaban J connectivity index is 1.62. The summed E-state index contributed by atoms with van der Waals surface area (Å²) >= 11 is 0. The molecular weight excluding hydrogens is 444 g/mol.